The molecule has 5 heteroatoms. The van der Waals surface area contributed by atoms with Gasteiger partial charge in [0.1, 0.15) is 0 Å². The zero-order chi connectivity index (χ0) is 23.3. The number of carbonyl (C=O) groups is 1. The first-order chi connectivity index (χ1) is 15.4. The van der Waals surface area contributed by atoms with E-state index in [1.165, 1.54) is 12.7 Å². The molecule has 1 aliphatic carbocycles. The lowest BCUT2D eigenvalue weighted by atomic mass is 9.84. The van der Waals surface area contributed by atoms with Gasteiger partial charge in [-0.2, -0.15) is 0 Å². The van der Waals surface area contributed by atoms with E-state index in [2.05, 4.69) is 56.0 Å². The van der Waals surface area contributed by atoms with E-state index in [4.69, 9.17) is 14.2 Å². The van der Waals surface area contributed by atoms with E-state index in [1.807, 2.05) is 18.2 Å². The van der Waals surface area contributed by atoms with E-state index >= 15 is 0 Å². The van der Waals surface area contributed by atoms with Crippen LogP contribution in [-0.2, 0) is 16.1 Å². The molecule has 0 spiro atoms. The molecule has 1 saturated carbocycles. The third-order valence-corrected chi connectivity index (χ3v) is 7.02. The van der Waals surface area contributed by atoms with Crippen LogP contribution >= 0.6 is 0 Å². The number of benzene rings is 2. The summed E-state index contributed by atoms with van der Waals surface area (Å²) < 4.78 is 16.2. The summed E-state index contributed by atoms with van der Waals surface area (Å²) in [6.07, 6.45) is 2.01. The van der Waals surface area contributed by atoms with Gasteiger partial charge in [-0.05, 0) is 54.9 Å². The van der Waals surface area contributed by atoms with Gasteiger partial charge in [-0.25, -0.2) is 0 Å². The first-order valence-electron chi connectivity index (χ1n) is 11.5. The molecule has 3 rings (SSSR count). The summed E-state index contributed by atoms with van der Waals surface area (Å²) in [6.45, 7) is 7.36. The highest BCUT2D eigenvalue weighted by Crippen LogP contribution is 2.43. The predicted octanol–water partition coefficient (Wildman–Crippen LogP) is 5.49. The Kier molecular flexibility index (Phi) is 8.19. The minimum Gasteiger partial charge on any atom is -0.493 e. The van der Waals surface area contributed by atoms with Gasteiger partial charge in [0.2, 0.25) is 0 Å². The van der Waals surface area contributed by atoms with Crippen molar-refractivity contribution < 1.29 is 19.0 Å². The van der Waals surface area contributed by atoms with Gasteiger partial charge in [0.15, 0.2) is 11.5 Å². The highest BCUT2D eigenvalue weighted by molar-refractivity contribution is 5.74. The van der Waals surface area contributed by atoms with Crippen LogP contribution in [0.3, 0.4) is 0 Å². The summed E-state index contributed by atoms with van der Waals surface area (Å²) in [5.74, 6) is 1.96. The molecule has 1 aliphatic rings. The Morgan fingerprint density at radius 2 is 1.66 bits per heavy atom. The van der Waals surface area contributed by atoms with Crippen LogP contribution in [0.1, 0.15) is 50.8 Å². The number of rotatable bonds is 9. The van der Waals surface area contributed by atoms with Crippen LogP contribution in [0.5, 0.6) is 11.5 Å². The number of carbonyl (C=O) groups excluding carboxylic acids is 1. The van der Waals surface area contributed by atoms with Crippen molar-refractivity contribution in [1.82, 2.24) is 4.90 Å². The van der Waals surface area contributed by atoms with Gasteiger partial charge in [-0.15, -0.1) is 0 Å². The van der Waals surface area contributed by atoms with E-state index in [1.54, 1.807) is 14.2 Å². The van der Waals surface area contributed by atoms with Crippen LogP contribution in [0.25, 0.3) is 0 Å². The molecular formula is C27H37NO4. The number of hydrogen-bond acceptors (Lipinski definition) is 5. The second-order valence-corrected chi connectivity index (χ2v) is 9.05. The maximum absolute atomic E-state index is 13.0. The largest absolute Gasteiger partial charge is 0.493 e. The fraction of sp³-hybridized carbons (Fsp3) is 0.519. The monoisotopic (exact) mass is 439 g/mol. The third-order valence-electron chi connectivity index (χ3n) is 7.02. The Bertz CT molecular complexity index is 882. The first-order valence-corrected chi connectivity index (χ1v) is 11.5. The summed E-state index contributed by atoms with van der Waals surface area (Å²) in [6, 6.07) is 16.8. The summed E-state index contributed by atoms with van der Waals surface area (Å²) in [5, 5.41) is 0. The van der Waals surface area contributed by atoms with Crippen LogP contribution in [0, 0.1) is 17.8 Å². The van der Waals surface area contributed by atoms with Gasteiger partial charge in [-0.3, -0.25) is 9.69 Å². The van der Waals surface area contributed by atoms with Crippen LogP contribution < -0.4 is 9.47 Å². The van der Waals surface area contributed by atoms with Crippen molar-refractivity contribution in [2.45, 2.75) is 52.2 Å². The lowest BCUT2D eigenvalue weighted by Gasteiger charge is -2.38. The molecule has 1 fully saturated rings. The number of hydrogen-bond donors (Lipinski definition) is 0. The van der Waals surface area contributed by atoms with Crippen molar-refractivity contribution >= 4 is 5.97 Å². The molecule has 0 saturated heterocycles. The van der Waals surface area contributed by atoms with Crippen molar-refractivity contribution in [2.24, 2.45) is 17.8 Å². The molecule has 0 amide bonds. The molecule has 0 bridgehead atoms. The molecule has 2 aromatic carbocycles. The smallest absolute Gasteiger partial charge is 0.310 e. The van der Waals surface area contributed by atoms with Crippen LogP contribution in [0.2, 0.25) is 0 Å². The van der Waals surface area contributed by atoms with Gasteiger partial charge in [0, 0.05) is 18.6 Å². The van der Waals surface area contributed by atoms with Gasteiger partial charge in [0.25, 0.3) is 0 Å². The maximum atomic E-state index is 13.0. The molecule has 0 N–H and O–H groups in total. The molecule has 0 aromatic heterocycles. The molecule has 0 heterocycles. The van der Waals surface area contributed by atoms with Crippen LogP contribution in [0.4, 0.5) is 0 Å². The highest BCUT2D eigenvalue weighted by atomic mass is 16.5. The molecule has 0 radical (unpaired) electrons. The number of methoxy groups -OCH3 is 3. The Hall–Kier alpha value is -2.53. The molecule has 32 heavy (non-hydrogen) atoms. The zero-order valence-electron chi connectivity index (χ0n) is 20.2. The van der Waals surface area contributed by atoms with Gasteiger partial charge in [-0.1, -0.05) is 50.2 Å². The molecular weight excluding hydrogens is 402 g/mol. The average Bonchev–Trinajstić information content (AvgIpc) is 3.27. The minimum absolute atomic E-state index is 0.0937. The van der Waals surface area contributed by atoms with Crippen molar-refractivity contribution in [1.29, 1.82) is 0 Å². The Balaban J connectivity index is 2.00. The summed E-state index contributed by atoms with van der Waals surface area (Å²) in [7, 11) is 4.81. The lowest BCUT2D eigenvalue weighted by Crippen LogP contribution is -2.44. The quantitative estimate of drug-likeness (QED) is 0.484. The van der Waals surface area contributed by atoms with E-state index in [0.717, 1.165) is 18.4 Å². The van der Waals surface area contributed by atoms with E-state index in [9.17, 15) is 4.79 Å². The van der Waals surface area contributed by atoms with Crippen molar-refractivity contribution in [3.63, 3.8) is 0 Å². The van der Waals surface area contributed by atoms with Crippen molar-refractivity contribution in [2.75, 3.05) is 21.3 Å². The molecule has 0 aliphatic heterocycles. The normalized spacial score (nSPS) is 21.6. The minimum atomic E-state index is -0.133. The summed E-state index contributed by atoms with van der Waals surface area (Å²) >= 11 is 0. The predicted molar refractivity (Wildman–Crippen MR) is 127 cm³/mol. The summed E-state index contributed by atoms with van der Waals surface area (Å²) in [4.78, 5) is 15.4. The molecule has 174 valence electrons. The van der Waals surface area contributed by atoms with E-state index in [-0.39, 0.29) is 24.0 Å². The van der Waals surface area contributed by atoms with E-state index in [0.29, 0.717) is 29.9 Å². The fourth-order valence-electron chi connectivity index (χ4n) is 5.25. The molecule has 4 atom stereocenters. The van der Waals surface area contributed by atoms with Crippen LogP contribution in [-0.4, -0.2) is 38.2 Å². The highest BCUT2D eigenvalue weighted by Gasteiger charge is 2.46. The second kappa shape index (κ2) is 10.9. The Labute approximate surface area is 192 Å². The van der Waals surface area contributed by atoms with E-state index < -0.39 is 0 Å². The molecule has 5 nitrogen and oxygen atoms in total. The molecule has 2 aromatic rings. The van der Waals surface area contributed by atoms with Crippen LogP contribution in [0.15, 0.2) is 48.5 Å². The van der Waals surface area contributed by atoms with Gasteiger partial charge < -0.3 is 14.2 Å². The second-order valence-electron chi connectivity index (χ2n) is 9.05. The Morgan fingerprint density at radius 3 is 2.25 bits per heavy atom. The topological polar surface area (TPSA) is 48.0 Å². The zero-order valence-corrected chi connectivity index (χ0v) is 20.2. The maximum Gasteiger partial charge on any atom is 0.310 e. The van der Waals surface area contributed by atoms with Crippen molar-refractivity contribution in [3.05, 3.63) is 59.7 Å². The fourth-order valence-corrected chi connectivity index (χ4v) is 5.25. The summed E-state index contributed by atoms with van der Waals surface area (Å²) in [5.41, 5.74) is 2.37. The van der Waals surface area contributed by atoms with Gasteiger partial charge in [0.05, 0.1) is 27.2 Å². The van der Waals surface area contributed by atoms with Gasteiger partial charge >= 0.3 is 5.97 Å². The lowest BCUT2D eigenvalue weighted by molar-refractivity contribution is -0.150. The number of ether oxygens (including phenoxy) is 3. The SMILES string of the molecule is COC(=O)[C@@H]1[C@H](N(Cc2ccc(OC)c(OC)c2)[C@@H](C)c2ccccc2)CC[C@H]1C(C)C. The van der Waals surface area contributed by atoms with Crippen molar-refractivity contribution in [3.8, 4) is 11.5 Å². The Morgan fingerprint density at radius 1 is 0.969 bits per heavy atom. The molecule has 0 unspecified atom stereocenters. The standard InChI is InChI=1S/C27H37NO4/c1-18(2)22-13-14-23(26(22)27(29)32-6)28(19(3)21-10-8-7-9-11-21)17-20-12-15-24(30-4)25(16-20)31-5/h7-12,15-16,18-19,22-23,26H,13-14,17H2,1-6H3/t19-,22-,23+,26-/m0/s1. The number of nitrogens with zero attached hydrogens (tertiary/aromatic N) is 1. The first kappa shape index (κ1) is 24.1. The average molecular weight is 440 g/mol. The third kappa shape index (κ3) is 5.09. The number of esters is 1.